The van der Waals surface area contributed by atoms with Crippen molar-refractivity contribution in [3.63, 3.8) is 0 Å². The molecule has 0 spiro atoms. The molecule has 0 aliphatic carbocycles. The fourth-order valence-electron chi connectivity index (χ4n) is 4.39. The van der Waals surface area contributed by atoms with E-state index in [1.165, 1.54) is 12.2 Å². The zero-order valence-corrected chi connectivity index (χ0v) is 18.9. The molecule has 34 heavy (non-hydrogen) atoms. The molecule has 4 aromatic carbocycles. The maximum Gasteiger partial charge on any atom is 0.328 e. The van der Waals surface area contributed by atoms with E-state index in [0.717, 1.165) is 44.2 Å². The summed E-state index contributed by atoms with van der Waals surface area (Å²) in [5, 5.41) is 21.1. The van der Waals surface area contributed by atoms with Crippen LogP contribution in [0.1, 0.15) is 33.4 Å². The van der Waals surface area contributed by atoms with Gasteiger partial charge in [-0.15, -0.1) is 0 Å². The Balaban J connectivity index is 2.11. The molecule has 0 bridgehead atoms. The summed E-state index contributed by atoms with van der Waals surface area (Å²) < 4.78 is 0. The standard InChI is InChI=1S/C30H24O4/c1-19-9-3-5-13-22(19)26(17-28(31)32)24-15-7-11-21-12-8-16-25(30(21)24)27(18-29(33)34)23-14-6-4-10-20(23)2/h3-18H,1-2H3,(H,31,32)(H,33,34)/b26-17+,27-18?. The molecule has 4 heteroatoms. The Labute approximate surface area is 198 Å². The summed E-state index contributed by atoms with van der Waals surface area (Å²) in [6, 6.07) is 26.8. The Bertz CT molecular complexity index is 1370. The minimum Gasteiger partial charge on any atom is -0.478 e. The second-order valence-electron chi connectivity index (χ2n) is 8.13. The van der Waals surface area contributed by atoms with Crippen LogP contribution < -0.4 is 0 Å². The first kappa shape index (κ1) is 22.7. The zero-order chi connectivity index (χ0) is 24.2. The summed E-state index contributed by atoms with van der Waals surface area (Å²) in [5.74, 6) is -2.10. The number of carboxylic acids is 2. The van der Waals surface area contributed by atoms with Gasteiger partial charge in [-0.25, -0.2) is 9.59 Å². The largest absolute Gasteiger partial charge is 0.478 e. The molecule has 0 heterocycles. The molecule has 0 amide bonds. The molecule has 0 aliphatic heterocycles. The van der Waals surface area contributed by atoms with Crippen LogP contribution in [0.3, 0.4) is 0 Å². The van der Waals surface area contributed by atoms with Gasteiger partial charge >= 0.3 is 11.9 Å². The Morgan fingerprint density at radius 3 is 1.32 bits per heavy atom. The van der Waals surface area contributed by atoms with Gasteiger partial charge in [0.1, 0.15) is 0 Å². The van der Waals surface area contributed by atoms with Gasteiger partial charge in [-0.05, 0) is 69.1 Å². The van der Waals surface area contributed by atoms with Crippen molar-refractivity contribution in [2.75, 3.05) is 0 Å². The quantitative estimate of drug-likeness (QED) is 0.331. The maximum atomic E-state index is 11.9. The van der Waals surface area contributed by atoms with Gasteiger partial charge in [-0.2, -0.15) is 0 Å². The summed E-state index contributed by atoms with van der Waals surface area (Å²) in [6.07, 6.45) is 2.45. The maximum absolute atomic E-state index is 11.9. The molecule has 0 aliphatic rings. The van der Waals surface area contributed by atoms with Crippen LogP contribution in [0.5, 0.6) is 0 Å². The first-order valence-electron chi connectivity index (χ1n) is 10.9. The van der Waals surface area contributed by atoms with Crippen molar-refractivity contribution < 1.29 is 19.8 Å². The normalized spacial score (nSPS) is 12.1. The second kappa shape index (κ2) is 9.59. The lowest BCUT2D eigenvalue weighted by Crippen LogP contribution is -2.01. The number of hydrogen-bond acceptors (Lipinski definition) is 2. The van der Waals surface area contributed by atoms with Crippen molar-refractivity contribution in [1.82, 2.24) is 0 Å². The van der Waals surface area contributed by atoms with Gasteiger partial charge in [-0.3, -0.25) is 0 Å². The van der Waals surface area contributed by atoms with Crippen LogP contribution in [0.4, 0.5) is 0 Å². The van der Waals surface area contributed by atoms with E-state index >= 15 is 0 Å². The molecule has 4 rings (SSSR count). The predicted molar refractivity (Wildman–Crippen MR) is 136 cm³/mol. The number of aryl methyl sites for hydroxylation is 2. The lowest BCUT2D eigenvalue weighted by atomic mass is 9.85. The van der Waals surface area contributed by atoms with E-state index < -0.39 is 11.9 Å². The van der Waals surface area contributed by atoms with Gasteiger partial charge in [0.2, 0.25) is 0 Å². The van der Waals surface area contributed by atoms with Gasteiger partial charge in [-0.1, -0.05) is 84.9 Å². The van der Waals surface area contributed by atoms with Crippen molar-refractivity contribution in [2.24, 2.45) is 0 Å². The highest BCUT2D eigenvalue weighted by molar-refractivity contribution is 6.10. The second-order valence-corrected chi connectivity index (χ2v) is 8.13. The van der Waals surface area contributed by atoms with Crippen molar-refractivity contribution in [2.45, 2.75) is 13.8 Å². The molecular weight excluding hydrogens is 424 g/mol. The molecule has 2 N–H and O–H groups in total. The smallest absolute Gasteiger partial charge is 0.328 e. The van der Waals surface area contributed by atoms with E-state index in [1.807, 2.05) is 98.8 Å². The third kappa shape index (κ3) is 4.52. The SMILES string of the molecule is Cc1ccccc1C(=CC(=O)O)c1cccc2cccc(/C(=C/C(=O)O)c3ccccc3C)c12. The number of benzene rings is 4. The van der Waals surface area contributed by atoms with Crippen LogP contribution in [0, 0.1) is 13.8 Å². The number of carbonyl (C=O) groups is 2. The molecule has 0 radical (unpaired) electrons. The highest BCUT2D eigenvalue weighted by Crippen LogP contribution is 2.38. The van der Waals surface area contributed by atoms with Crippen LogP contribution in [0.15, 0.2) is 97.1 Å². The van der Waals surface area contributed by atoms with Gasteiger partial charge in [0.15, 0.2) is 0 Å². The summed E-state index contributed by atoms with van der Waals surface area (Å²) in [4.78, 5) is 23.7. The van der Waals surface area contributed by atoms with Gasteiger partial charge in [0.05, 0.1) is 0 Å². The van der Waals surface area contributed by atoms with E-state index in [0.29, 0.717) is 11.1 Å². The monoisotopic (exact) mass is 448 g/mol. The van der Waals surface area contributed by atoms with Crippen LogP contribution in [-0.4, -0.2) is 22.2 Å². The van der Waals surface area contributed by atoms with E-state index in [2.05, 4.69) is 0 Å². The number of aliphatic carboxylic acids is 2. The number of rotatable bonds is 6. The average Bonchev–Trinajstić information content (AvgIpc) is 2.81. The summed E-state index contributed by atoms with van der Waals surface area (Å²) in [5.41, 5.74) is 6.13. The molecule has 0 fully saturated rings. The summed E-state index contributed by atoms with van der Waals surface area (Å²) in [7, 11) is 0. The highest BCUT2D eigenvalue weighted by Gasteiger charge is 2.18. The van der Waals surface area contributed by atoms with Crippen molar-refractivity contribution in [3.05, 3.63) is 130 Å². The molecule has 0 aromatic heterocycles. The molecule has 4 aromatic rings. The van der Waals surface area contributed by atoms with Crippen LogP contribution in [-0.2, 0) is 9.59 Å². The summed E-state index contributed by atoms with van der Waals surface area (Å²) >= 11 is 0. The topological polar surface area (TPSA) is 74.6 Å². The zero-order valence-electron chi connectivity index (χ0n) is 18.9. The van der Waals surface area contributed by atoms with Crippen molar-refractivity contribution in [1.29, 1.82) is 0 Å². The Kier molecular flexibility index (Phi) is 6.42. The van der Waals surface area contributed by atoms with Gasteiger partial charge in [0.25, 0.3) is 0 Å². The lowest BCUT2D eigenvalue weighted by molar-refractivity contribution is -0.132. The van der Waals surface area contributed by atoms with Crippen LogP contribution >= 0.6 is 0 Å². The molecule has 168 valence electrons. The third-order valence-corrected chi connectivity index (χ3v) is 5.89. The molecule has 0 saturated heterocycles. The van der Waals surface area contributed by atoms with Crippen LogP contribution in [0.25, 0.3) is 21.9 Å². The Morgan fingerprint density at radius 1 is 0.559 bits per heavy atom. The highest BCUT2D eigenvalue weighted by atomic mass is 16.4. The van der Waals surface area contributed by atoms with Gasteiger partial charge in [0, 0.05) is 12.2 Å². The van der Waals surface area contributed by atoms with Crippen LogP contribution in [0.2, 0.25) is 0 Å². The third-order valence-electron chi connectivity index (χ3n) is 5.89. The molecular formula is C30H24O4. The Hall–Kier alpha value is -4.44. The number of hydrogen-bond donors (Lipinski definition) is 2. The minimum absolute atomic E-state index is 0.572. The molecule has 0 atom stereocenters. The fourth-order valence-corrected chi connectivity index (χ4v) is 4.39. The van der Waals surface area contributed by atoms with Crippen molar-refractivity contribution >= 4 is 33.9 Å². The molecule has 0 unspecified atom stereocenters. The fraction of sp³-hybridized carbons (Fsp3) is 0.0667. The Morgan fingerprint density at radius 2 is 0.941 bits per heavy atom. The van der Waals surface area contributed by atoms with Gasteiger partial charge < -0.3 is 10.2 Å². The summed E-state index contributed by atoms with van der Waals surface area (Å²) in [6.45, 7) is 3.89. The molecule has 4 nitrogen and oxygen atoms in total. The molecule has 0 saturated carbocycles. The number of fused-ring (bicyclic) bond motifs is 1. The van der Waals surface area contributed by atoms with E-state index in [9.17, 15) is 19.8 Å². The predicted octanol–water partition coefficient (Wildman–Crippen LogP) is 6.49. The van der Waals surface area contributed by atoms with E-state index in [-0.39, 0.29) is 0 Å². The van der Waals surface area contributed by atoms with Crippen molar-refractivity contribution in [3.8, 4) is 0 Å². The van der Waals surface area contributed by atoms with E-state index in [4.69, 9.17) is 0 Å². The van der Waals surface area contributed by atoms with E-state index in [1.54, 1.807) is 0 Å². The average molecular weight is 449 g/mol. The number of carboxylic acid groups (broad SMARTS) is 2. The first-order chi connectivity index (χ1) is 16.4. The minimum atomic E-state index is -1.05. The lowest BCUT2D eigenvalue weighted by Gasteiger charge is -2.18. The first-order valence-corrected chi connectivity index (χ1v) is 10.9.